The molecule has 0 unspecified atom stereocenters. The SMILES string of the molecule is CC(C)(C)C(=O)CNC(=O)c1ccccc1NC(=O)c1ccc(CS(C)(=O)=O)cc1. The van der Waals surface area contributed by atoms with Crippen molar-refractivity contribution in [2.75, 3.05) is 18.1 Å². The highest BCUT2D eigenvalue weighted by molar-refractivity contribution is 7.89. The maximum absolute atomic E-state index is 12.6. The largest absolute Gasteiger partial charge is 0.345 e. The molecule has 2 aromatic carbocycles. The van der Waals surface area contributed by atoms with Gasteiger partial charge in [-0.05, 0) is 29.8 Å². The number of nitrogens with one attached hydrogen (secondary N) is 2. The third kappa shape index (κ3) is 6.81. The van der Waals surface area contributed by atoms with Crippen molar-refractivity contribution in [1.29, 1.82) is 0 Å². The normalized spacial score (nSPS) is 11.6. The summed E-state index contributed by atoms with van der Waals surface area (Å²) in [7, 11) is -3.16. The molecule has 2 aromatic rings. The zero-order valence-corrected chi connectivity index (χ0v) is 18.3. The van der Waals surface area contributed by atoms with Gasteiger partial charge in [-0.3, -0.25) is 14.4 Å². The number of ketones is 1. The second-order valence-electron chi connectivity index (χ2n) is 8.12. The first kappa shape index (κ1) is 23.3. The minimum absolute atomic E-state index is 0.105. The highest BCUT2D eigenvalue weighted by Gasteiger charge is 2.22. The number of Topliss-reactive ketones (excluding diaryl/α,β-unsaturated/α-hetero) is 1. The van der Waals surface area contributed by atoms with Gasteiger partial charge in [0.15, 0.2) is 15.6 Å². The molecule has 0 aromatic heterocycles. The summed E-state index contributed by atoms with van der Waals surface area (Å²) in [6.45, 7) is 5.22. The van der Waals surface area contributed by atoms with Crippen LogP contribution in [0, 0.1) is 5.41 Å². The van der Waals surface area contributed by atoms with Gasteiger partial charge in [-0.25, -0.2) is 8.42 Å². The first-order chi connectivity index (χ1) is 13.9. The molecule has 2 amide bonds. The topological polar surface area (TPSA) is 109 Å². The molecule has 7 nitrogen and oxygen atoms in total. The van der Waals surface area contributed by atoms with Crippen molar-refractivity contribution in [2.45, 2.75) is 26.5 Å². The third-order valence-corrected chi connectivity index (χ3v) is 5.17. The second-order valence-corrected chi connectivity index (χ2v) is 10.3. The summed E-state index contributed by atoms with van der Waals surface area (Å²) in [5.74, 6) is -1.11. The molecule has 0 fully saturated rings. The number of carbonyl (C=O) groups is 3. The molecule has 0 aliphatic carbocycles. The predicted octanol–water partition coefficient (Wildman–Crippen LogP) is 2.83. The van der Waals surface area contributed by atoms with Gasteiger partial charge in [0.25, 0.3) is 11.8 Å². The Morgan fingerprint density at radius 3 is 2.07 bits per heavy atom. The fourth-order valence-electron chi connectivity index (χ4n) is 2.56. The molecule has 0 aliphatic rings. The predicted molar refractivity (Wildman–Crippen MR) is 116 cm³/mol. The van der Waals surface area contributed by atoms with E-state index in [1.54, 1.807) is 57.2 Å². The molecule has 0 radical (unpaired) electrons. The van der Waals surface area contributed by atoms with E-state index in [4.69, 9.17) is 0 Å². The van der Waals surface area contributed by atoms with Crippen molar-refractivity contribution >= 4 is 33.1 Å². The molecule has 0 aliphatic heterocycles. The lowest BCUT2D eigenvalue weighted by Crippen LogP contribution is -2.35. The Morgan fingerprint density at radius 1 is 0.900 bits per heavy atom. The Balaban J connectivity index is 2.11. The van der Waals surface area contributed by atoms with Crippen LogP contribution in [0.3, 0.4) is 0 Å². The van der Waals surface area contributed by atoms with E-state index in [2.05, 4.69) is 10.6 Å². The summed E-state index contributed by atoms with van der Waals surface area (Å²) < 4.78 is 22.7. The quantitative estimate of drug-likeness (QED) is 0.702. The smallest absolute Gasteiger partial charge is 0.255 e. The van der Waals surface area contributed by atoms with Crippen LogP contribution in [0.4, 0.5) is 5.69 Å². The summed E-state index contributed by atoms with van der Waals surface area (Å²) in [6.07, 6.45) is 1.14. The van der Waals surface area contributed by atoms with Gasteiger partial charge in [-0.1, -0.05) is 45.0 Å². The van der Waals surface area contributed by atoms with Gasteiger partial charge >= 0.3 is 0 Å². The molecule has 0 saturated carbocycles. The number of hydrogen-bond acceptors (Lipinski definition) is 5. The van der Waals surface area contributed by atoms with Crippen molar-refractivity contribution in [1.82, 2.24) is 5.32 Å². The van der Waals surface area contributed by atoms with Crippen LogP contribution in [0.5, 0.6) is 0 Å². The lowest BCUT2D eigenvalue weighted by atomic mass is 9.91. The number of benzene rings is 2. The molecule has 2 rings (SSSR count). The van der Waals surface area contributed by atoms with Crippen molar-refractivity contribution in [2.24, 2.45) is 5.41 Å². The Bertz CT molecular complexity index is 1050. The first-order valence-electron chi connectivity index (χ1n) is 9.35. The van der Waals surface area contributed by atoms with Crippen molar-refractivity contribution in [3.63, 3.8) is 0 Å². The van der Waals surface area contributed by atoms with Gasteiger partial charge in [0.2, 0.25) is 0 Å². The number of sulfone groups is 1. The molecule has 160 valence electrons. The summed E-state index contributed by atoms with van der Waals surface area (Å²) in [5, 5.41) is 5.28. The summed E-state index contributed by atoms with van der Waals surface area (Å²) in [4.78, 5) is 37.1. The van der Waals surface area contributed by atoms with Crippen LogP contribution in [-0.2, 0) is 20.4 Å². The molecule has 30 heavy (non-hydrogen) atoms. The second kappa shape index (κ2) is 9.21. The fraction of sp³-hybridized carbons (Fsp3) is 0.318. The van der Waals surface area contributed by atoms with Gasteiger partial charge in [0.05, 0.1) is 23.5 Å². The molecule has 0 atom stereocenters. The molecule has 0 spiro atoms. The highest BCUT2D eigenvalue weighted by Crippen LogP contribution is 2.18. The van der Waals surface area contributed by atoms with E-state index in [0.717, 1.165) is 6.26 Å². The van der Waals surface area contributed by atoms with Crippen LogP contribution in [-0.4, -0.2) is 38.8 Å². The van der Waals surface area contributed by atoms with Crippen LogP contribution in [0.1, 0.15) is 47.1 Å². The van der Waals surface area contributed by atoms with E-state index in [1.807, 2.05) is 0 Å². The van der Waals surface area contributed by atoms with E-state index in [0.29, 0.717) is 16.8 Å². The molecular weight excluding hydrogens is 404 g/mol. The van der Waals surface area contributed by atoms with Crippen LogP contribution in [0.15, 0.2) is 48.5 Å². The molecule has 0 bridgehead atoms. The molecular formula is C22H26N2O5S. The monoisotopic (exact) mass is 430 g/mol. The fourth-order valence-corrected chi connectivity index (χ4v) is 3.36. The standard InChI is InChI=1S/C22H26N2O5S/c1-22(2,3)19(25)13-23-21(27)17-7-5-6-8-18(17)24-20(26)16-11-9-15(10-12-16)14-30(4,28)29/h5-12H,13-14H2,1-4H3,(H,23,27)(H,24,26). The lowest BCUT2D eigenvalue weighted by Gasteiger charge is -2.17. The minimum Gasteiger partial charge on any atom is -0.345 e. The molecule has 0 heterocycles. The van der Waals surface area contributed by atoms with Gasteiger partial charge in [-0.15, -0.1) is 0 Å². The zero-order chi connectivity index (χ0) is 22.5. The maximum atomic E-state index is 12.6. The minimum atomic E-state index is -3.16. The van der Waals surface area contributed by atoms with Crippen molar-refractivity contribution in [3.05, 3.63) is 65.2 Å². The zero-order valence-electron chi connectivity index (χ0n) is 17.5. The Labute approximate surface area is 176 Å². The van der Waals surface area contributed by atoms with E-state index in [9.17, 15) is 22.8 Å². The Kier molecular flexibility index (Phi) is 7.15. The third-order valence-electron chi connectivity index (χ3n) is 4.31. The average molecular weight is 431 g/mol. The summed E-state index contributed by atoms with van der Waals surface area (Å²) in [6, 6.07) is 12.7. The Morgan fingerprint density at radius 2 is 1.50 bits per heavy atom. The number of hydrogen-bond donors (Lipinski definition) is 2. The van der Waals surface area contributed by atoms with Crippen molar-refractivity contribution < 1.29 is 22.8 Å². The van der Waals surface area contributed by atoms with Gasteiger partial charge in [0.1, 0.15) is 0 Å². The number of amides is 2. The Hall–Kier alpha value is -3.00. The molecule has 8 heteroatoms. The van der Waals surface area contributed by atoms with Crippen LogP contribution in [0.25, 0.3) is 0 Å². The molecule has 0 saturated heterocycles. The van der Waals surface area contributed by atoms with E-state index >= 15 is 0 Å². The van der Waals surface area contributed by atoms with E-state index in [1.165, 1.54) is 12.1 Å². The number of anilines is 1. The summed E-state index contributed by atoms with van der Waals surface area (Å²) >= 11 is 0. The number of carbonyl (C=O) groups excluding carboxylic acids is 3. The van der Waals surface area contributed by atoms with Crippen LogP contribution < -0.4 is 10.6 Å². The highest BCUT2D eigenvalue weighted by atomic mass is 32.2. The van der Waals surface area contributed by atoms with Crippen LogP contribution in [0.2, 0.25) is 0 Å². The summed E-state index contributed by atoms with van der Waals surface area (Å²) in [5.41, 5.74) is 0.886. The lowest BCUT2D eigenvalue weighted by molar-refractivity contribution is -0.125. The van der Waals surface area contributed by atoms with Gasteiger partial charge < -0.3 is 10.6 Å². The van der Waals surface area contributed by atoms with Crippen LogP contribution >= 0.6 is 0 Å². The number of para-hydroxylation sites is 1. The van der Waals surface area contributed by atoms with Crippen molar-refractivity contribution in [3.8, 4) is 0 Å². The first-order valence-corrected chi connectivity index (χ1v) is 11.4. The number of rotatable bonds is 7. The van der Waals surface area contributed by atoms with E-state index < -0.39 is 27.1 Å². The van der Waals surface area contributed by atoms with E-state index in [-0.39, 0.29) is 23.6 Å². The molecule has 2 N–H and O–H groups in total. The average Bonchev–Trinajstić information content (AvgIpc) is 2.64. The van der Waals surface area contributed by atoms with Gasteiger partial charge in [-0.2, -0.15) is 0 Å². The maximum Gasteiger partial charge on any atom is 0.255 e. The van der Waals surface area contributed by atoms with Gasteiger partial charge in [0, 0.05) is 17.2 Å².